The molecule has 0 saturated heterocycles. The summed E-state index contributed by atoms with van der Waals surface area (Å²) in [5, 5.41) is 5.14. The number of ether oxygens (including phenoxy) is 1. The van der Waals surface area contributed by atoms with Crippen molar-refractivity contribution in [2.24, 2.45) is 0 Å². The highest BCUT2D eigenvalue weighted by molar-refractivity contribution is 7.89. The number of carbonyl (C=O) groups excluding carboxylic acids is 2. The average Bonchev–Trinajstić information content (AvgIpc) is 2.60. The van der Waals surface area contributed by atoms with Crippen LogP contribution in [0.1, 0.15) is 10.4 Å². The molecular weight excluding hydrogens is 365 g/mol. The van der Waals surface area contributed by atoms with Crippen LogP contribution in [-0.2, 0) is 19.6 Å². The van der Waals surface area contributed by atoms with E-state index in [0.717, 1.165) is 18.2 Å². The number of hydrogen-bond acceptors (Lipinski definition) is 6. The van der Waals surface area contributed by atoms with Crippen molar-refractivity contribution < 1.29 is 27.1 Å². The van der Waals surface area contributed by atoms with Crippen molar-refractivity contribution in [3.8, 4) is 0 Å². The molecule has 2 aromatic rings. The molecule has 2 aromatic carbocycles. The number of methoxy groups -OCH3 is 1. The molecule has 1 aliphatic rings. The number of benzene rings is 2. The molecule has 0 saturated carbocycles. The first kappa shape index (κ1) is 17.8. The van der Waals surface area contributed by atoms with Crippen molar-refractivity contribution in [2.75, 3.05) is 17.7 Å². The van der Waals surface area contributed by atoms with E-state index < -0.39 is 33.9 Å². The van der Waals surface area contributed by atoms with Gasteiger partial charge in [0.25, 0.3) is 5.91 Å². The van der Waals surface area contributed by atoms with Crippen molar-refractivity contribution in [3.05, 3.63) is 53.8 Å². The molecule has 1 amide bonds. The predicted molar refractivity (Wildman–Crippen MR) is 90.5 cm³/mol. The van der Waals surface area contributed by atoms with Crippen molar-refractivity contribution >= 4 is 33.3 Å². The van der Waals surface area contributed by atoms with Gasteiger partial charge in [-0.2, -0.15) is 4.72 Å². The highest BCUT2D eigenvalue weighted by atomic mass is 32.2. The second kappa shape index (κ2) is 6.73. The van der Waals surface area contributed by atoms with E-state index in [2.05, 4.69) is 20.1 Å². The van der Waals surface area contributed by atoms with Crippen LogP contribution in [0.25, 0.3) is 0 Å². The summed E-state index contributed by atoms with van der Waals surface area (Å²) in [6.07, 6.45) is -1.32. The van der Waals surface area contributed by atoms with Crippen LogP contribution in [0.5, 0.6) is 0 Å². The quantitative estimate of drug-likeness (QED) is 0.693. The third-order valence-electron chi connectivity index (χ3n) is 3.64. The molecule has 0 spiro atoms. The summed E-state index contributed by atoms with van der Waals surface area (Å²) in [6, 6.07) is 8.96. The summed E-state index contributed by atoms with van der Waals surface area (Å²) >= 11 is 0. The van der Waals surface area contributed by atoms with Crippen LogP contribution in [0, 0.1) is 5.82 Å². The van der Waals surface area contributed by atoms with Gasteiger partial charge in [-0.25, -0.2) is 17.6 Å². The fraction of sp³-hybridized carbons (Fsp3) is 0.125. The molecule has 0 aromatic heterocycles. The second-order valence-corrected chi connectivity index (χ2v) is 7.08. The predicted octanol–water partition coefficient (Wildman–Crippen LogP) is 1.28. The van der Waals surface area contributed by atoms with Gasteiger partial charge in [-0.05, 0) is 42.5 Å². The Morgan fingerprint density at radius 2 is 1.85 bits per heavy atom. The smallest absolute Gasteiger partial charge is 0.337 e. The van der Waals surface area contributed by atoms with Gasteiger partial charge in [0, 0.05) is 5.69 Å². The minimum absolute atomic E-state index is 0.00932. The summed E-state index contributed by atoms with van der Waals surface area (Å²) in [6.45, 7) is 0. The van der Waals surface area contributed by atoms with Gasteiger partial charge >= 0.3 is 5.97 Å². The van der Waals surface area contributed by atoms with E-state index in [4.69, 9.17) is 0 Å². The highest BCUT2D eigenvalue weighted by Gasteiger charge is 2.33. The molecule has 1 heterocycles. The molecule has 3 N–H and O–H groups in total. The van der Waals surface area contributed by atoms with Gasteiger partial charge < -0.3 is 15.4 Å². The Morgan fingerprint density at radius 3 is 2.50 bits per heavy atom. The van der Waals surface area contributed by atoms with Crippen LogP contribution in [0.15, 0.2) is 47.4 Å². The van der Waals surface area contributed by atoms with Crippen molar-refractivity contribution in [1.82, 2.24) is 4.72 Å². The molecule has 1 atom stereocenters. The fourth-order valence-electron chi connectivity index (χ4n) is 2.39. The Morgan fingerprint density at radius 1 is 1.15 bits per heavy atom. The van der Waals surface area contributed by atoms with Gasteiger partial charge in [0.15, 0.2) is 6.17 Å². The molecule has 10 heteroatoms. The molecule has 1 aliphatic heterocycles. The fourth-order valence-corrected chi connectivity index (χ4v) is 3.65. The molecule has 8 nitrogen and oxygen atoms in total. The van der Waals surface area contributed by atoms with E-state index in [1.165, 1.54) is 31.4 Å². The lowest BCUT2D eigenvalue weighted by atomic mass is 10.2. The molecule has 1 unspecified atom stereocenters. The largest absolute Gasteiger partial charge is 0.465 e. The number of nitrogens with one attached hydrogen (secondary N) is 3. The lowest BCUT2D eigenvalue weighted by Crippen LogP contribution is -2.51. The number of anilines is 2. The number of carbonyl (C=O) groups is 2. The van der Waals surface area contributed by atoms with Gasteiger partial charge in [-0.3, -0.25) is 4.79 Å². The van der Waals surface area contributed by atoms with E-state index in [1.54, 1.807) is 0 Å². The number of halogens is 1. The Balaban J connectivity index is 1.78. The number of fused-ring (bicyclic) bond motifs is 1. The summed E-state index contributed by atoms with van der Waals surface area (Å²) in [5.74, 6) is -1.86. The third kappa shape index (κ3) is 3.51. The normalized spacial score (nSPS) is 17.5. The van der Waals surface area contributed by atoms with Crippen LogP contribution in [0.2, 0.25) is 0 Å². The Kier molecular flexibility index (Phi) is 4.62. The first-order chi connectivity index (χ1) is 12.3. The van der Waals surface area contributed by atoms with E-state index in [0.29, 0.717) is 11.3 Å². The van der Waals surface area contributed by atoms with Crippen molar-refractivity contribution in [2.45, 2.75) is 11.1 Å². The van der Waals surface area contributed by atoms with Gasteiger partial charge in [-0.1, -0.05) is 0 Å². The maximum absolute atomic E-state index is 13.4. The van der Waals surface area contributed by atoms with E-state index in [1.807, 2.05) is 0 Å². The van der Waals surface area contributed by atoms with Gasteiger partial charge in [0.1, 0.15) is 10.7 Å². The van der Waals surface area contributed by atoms with Gasteiger partial charge in [-0.15, -0.1) is 0 Å². The SMILES string of the molecule is COC(=O)c1ccc(NC(=O)C2Nc3cc(F)ccc3S(=O)(=O)N2)cc1. The average molecular weight is 379 g/mol. The molecule has 0 aliphatic carbocycles. The molecule has 0 bridgehead atoms. The van der Waals surface area contributed by atoms with Gasteiger partial charge in [0.2, 0.25) is 10.0 Å². The first-order valence-corrected chi connectivity index (χ1v) is 8.86. The summed E-state index contributed by atoms with van der Waals surface area (Å²) < 4.78 is 44.5. The standard InChI is InChI=1S/C16H14FN3O5S/c1-25-16(22)9-2-5-11(6-3-9)18-15(21)14-19-12-8-10(17)4-7-13(12)26(23,24)20-14/h2-8,14,19-20H,1H3,(H,18,21). The van der Waals surface area contributed by atoms with Crippen LogP contribution in [0.4, 0.5) is 15.8 Å². The lowest BCUT2D eigenvalue weighted by molar-refractivity contribution is -0.117. The zero-order valence-corrected chi connectivity index (χ0v) is 14.3. The first-order valence-electron chi connectivity index (χ1n) is 7.38. The Hall–Kier alpha value is -2.98. The summed E-state index contributed by atoms with van der Waals surface area (Å²) in [5.41, 5.74) is 0.630. The lowest BCUT2D eigenvalue weighted by Gasteiger charge is -2.27. The van der Waals surface area contributed by atoms with Crippen LogP contribution in [-0.4, -0.2) is 33.6 Å². The molecule has 3 rings (SSSR count). The molecular formula is C16H14FN3O5S. The Labute approximate surface area is 148 Å². The van der Waals surface area contributed by atoms with E-state index in [9.17, 15) is 22.4 Å². The minimum Gasteiger partial charge on any atom is -0.465 e. The molecule has 26 heavy (non-hydrogen) atoms. The van der Waals surface area contributed by atoms with E-state index >= 15 is 0 Å². The van der Waals surface area contributed by atoms with Crippen molar-refractivity contribution in [3.63, 3.8) is 0 Å². The highest BCUT2D eigenvalue weighted by Crippen LogP contribution is 2.27. The molecule has 0 fully saturated rings. The van der Waals surface area contributed by atoms with Gasteiger partial charge in [0.05, 0.1) is 18.4 Å². The number of esters is 1. The monoisotopic (exact) mass is 379 g/mol. The number of amides is 1. The van der Waals surface area contributed by atoms with E-state index in [-0.39, 0.29) is 10.6 Å². The minimum atomic E-state index is -3.97. The molecule has 0 radical (unpaired) electrons. The number of sulfonamides is 1. The van der Waals surface area contributed by atoms with Crippen LogP contribution < -0.4 is 15.4 Å². The summed E-state index contributed by atoms with van der Waals surface area (Å²) in [7, 11) is -2.72. The third-order valence-corrected chi connectivity index (χ3v) is 5.12. The maximum Gasteiger partial charge on any atom is 0.337 e. The zero-order chi connectivity index (χ0) is 18.9. The Bertz CT molecular complexity index is 976. The molecule has 136 valence electrons. The second-order valence-electron chi connectivity index (χ2n) is 5.40. The zero-order valence-electron chi connectivity index (χ0n) is 13.4. The van der Waals surface area contributed by atoms with Crippen molar-refractivity contribution in [1.29, 1.82) is 0 Å². The number of rotatable bonds is 3. The topological polar surface area (TPSA) is 114 Å². The number of hydrogen-bond donors (Lipinski definition) is 3. The van der Waals surface area contributed by atoms with Crippen LogP contribution in [0.3, 0.4) is 0 Å². The van der Waals surface area contributed by atoms with Crippen LogP contribution >= 0.6 is 0 Å². The maximum atomic E-state index is 13.4. The summed E-state index contributed by atoms with van der Waals surface area (Å²) in [4.78, 5) is 23.6.